The number of amides is 2. The van der Waals surface area contributed by atoms with Crippen LogP contribution in [0.25, 0.3) is 5.69 Å². The molecule has 0 N–H and O–H groups in total. The third-order valence-corrected chi connectivity index (χ3v) is 3.97. The average molecular weight is 347 g/mol. The summed E-state index contributed by atoms with van der Waals surface area (Å²) in [7, 11) is 0. The standard InChI is InChI=1S/C19H13N3O4/c1-12-11-16(21(20-12)13-7-3-2-4-8-13)19(25)26-22-17(23)14-9-5-6-10-15(14)18(22)24/h2-11H,1H3. The fourth-order valence-electron chi connectivity index (χ4n) is 2.79. The van der Waals surface area contributed by atoms with E-state index in [1.165, 1.54) is 22.9 Å². The van der Waals surface area contributed by atoms with Crippen molar-refractivity contribution in [3.05, 3.63) is 83.2 Å². The minimum Gasteiger partial charge on any atom is -0.323 e. The minimum absolute atomic E-state index is 0.116. The molecule has 0 saturated carbocycles. The predicted octanol–water partition coefficient (Wildman–Crippen LogP) is 2.55. The number of aryl methyl sites for hydroxylation is 1. The van der Waals surface area contributed by atoms with Crippen molar-refractivity contribution in [1.29, 1.82) is 0 Å². The summed E-state index contributed by atoms with van der Waals surface area (Å²) in [6, 6.07) is 16.9. The van der Waals surface area contributed by atoms with E-state index in [0.29, 0.717) is 16.4 Å². The van der Waals surface area contributed by atoms with Gasteiger partial charge in [0.2, 0.25) is 0 Å². The van der Waals surface area contributed by atoms with Gasteiger partial charge < -0.3 is 4.84 Å². The number of rotatable bonds is 3. The van der Waals surface area contributed by atoms with Crippen molar-refractivity contribution in [2.24, 2.45) is 0 Å². The predicted molar refractivity (Wildman–Crippen MR) is 90.7 cm³/mol. The molecule has 2 amide bonds. The Kier molecular flexibility index (Phi) is 3.62. The number of hydrogen-bond donors (Lipinski definition) is 0. The number of para-hydroxylation sites is 1. The number of imide groups is 1. The fourth-order valence-corrected chi connectivity index (χ4v) is 2.79. The first-order chi connectivity index (χ1) is 12.6. The third kappa shape index (κ3) is 2.46. The van der Waals surface area contributed by atoms with E-state index >= 15 is 0 Å². The summed E-state index contributed by atoms with van der Waals surface area (Å²) in [5.74, 6) is -2.17. The van der Waals surface area contributed by atoms with Gasteiger partial charge in [0, 0.05) is 0 Å². The van der Waals surface area contributed by atoms with Gasteiger partial charge in [-0.1, -0.05) is 35.4 Å². The zero-order valence-corrected chi connectivity index (χ0v) is 13.7. The lowest BCUT2D eigenvalue weighted by molar-refractivity contribution is -0.0590. The van der Waals surface area contributed by atoms with Gasteiger partial charge in [-0.3, -0.25) is 9.59 Å². The highest BCUT2D eigenvalue weighted by atomic mass is 16.7. The Morgan fingerprint density at radius 3 is 2.12 bits per heavy atom. The Bertz CT molecular complexity index is 1000. The molecule has 7 nitrogen and oxygen atoms in total. The van der Waals surface area contributed by atoms with E-state index < -0.39 is 17.8 Å². The monoisotopic (exact) mass is 347 g/mol. The molecule has 0 spiro atoms. The van der Waals surface area contributed by atoms with Crippen molar-refractivity contribution in [3.8, 4) is 5.69 Å². The van der Waals surface area contributed by atoms with Gasteiger partial charge in [0.25, 0.3) is 11.8 Å². The zero-order chi connectivity index (χ0) is 18.3. The number of aromatic nitrogens is 2. The van der Waals surface area contributed by atoms with Crippen molar-refractivity contribution in [2.75, 3.05) is 0 Å². The quantitative estimate of drug-likeness (QED) is 0.680. The maximum atomic E-state index is 12.6. The molecule has 0 unspecified atom stereocenters. The van der Waals surface area contributed by atoms with E-state index in [4.69, 9.17) is 4.84 Å². The van der Waals surface area contributed by atoms with E-state index in [9.17, 15) is 14.4 Å². The Balaban J connectivity index is 1.65. The van der Waals surface area contributed by atoms with Gasteiger partial charge in [0.1, 0.15) is 0 Å². The highest BCUT2D eigenvalue weighted by Gasteiger charge is 2.39. The zero-order valence-electron chi connectivity index (χ0n) is 13.7. The molecule has 128 valence electrons. The number of hydrogen-bond acceptors (Lipinski definition) is 5. The summed E-state index contributed by atoms with van der Waals surface area (Å²) in [4.78, 5) is 42.4. The molecule has 3 aromatic rings. The first-order valence-electron chi connectivity index (χ1n) is 7.88. The number of carbonyl (C=O) groups is 3. The summed E-state index contributed by atoms with van der Waals surface area (Å²) < 4.78 is 1.41. The Morgan fingerprint density at radius 2 is 1.50 bits per heavy atom. The average Bonchev–Trinajstić information content (AvgIpc) is 3.17. The van der Waals surface area contributed by atoms with Gasteiger partial charge >= 0.3 is 5.97 Å². The maximum absolute atomic E-state index is 12.6. The Labute approximate surface area is 148 Å². The molecule has 2 aromatic carbocycles. The number of nitrogens with zero attached hydrogens (tertiary/aromatic N) is 3. The summed E-state index contributed by atoms with van der Waals surface area (Å²) in [5.41, 5.74) is 1.79. The first-order valence-corrected chi connectivity index (χ1v) is 7.88. The van der Waals surface area contributed by atoms with E-state index in [1.54, 1.807) is 31.2 Å². The third-order valence-electron chi connectivity index (χ3n) is 3.97. The molecular formula is C19H13N3O4. The van der Waals surface area contributed by atoms with Crippen LogP contribution in [0.2, 0.25) is 0 Å². The molecule has 1 aliphatic heterocycles. The van der Waals surface area contributed by atoms with E-state index in [2.05, 4.69) is 5.10 Å². The topological polar surface area (TPSA) is 81.5 Å². The van der Waals surface area contributed by atoms with Gasteiger partial charge in [-0.15, -0.1) is 0 Å². The number of fused-ring (bicyclic) bond motifs is 1. The van der Waals surface area contributed by atoms with Crippen molar-refractivity contribution in [1.82, 2.24) is 14.8 Å². The van der Waals surface area contributed by atoms with Gasteiger partial charge in [-0.05, 0) is 37.3 Å². The van der Waals surface area contributed by atoms with Crippen LogP contribution in [0.3, 0.4) is 0 Å². The molecule has 4 rings (SSSR count). The largest absolute Gasteiger partial charge is 0.382 e. The molecule has 1 aromatic heterocycles. The molecule has 0 aliphatic carbocycles. The summed E-state index contributed by atoms with van der Waals surface area (Å²) in [6.45, 7) is 1.73. The van der Waals surface area contributed by atoms with Crippen molar-refractivity contribution < 1.29 is 19.2 Å². The first kappa shape index (κ1) is 15.8. The second-order valence-electron chi connectivity index (χ2n) is 5.75. The number of hydroxylamine groups is 2. The van der Waals surface area contributed by atoms with E-state index in [1.807, 2.05) is 18.2 Å². The SMILES string of the molecule is Cc1cc(C(=O)ON2C(=O)c3ccccc3C2=O)n(-c2ccccc2)n1. The fraction of sp³-hybridized carbons (Fsp3) is 0.0526. The Hall–Kier alpha value is -3.74. The van der Waals surface area contributed by atoms with Gasteiger partial charge in [0.15, 0.2) is 5.69 Å². The van der Waals surface area contributed by atoms with Gasteiger partial charge in [-0.25, -0.2) is 9.48 Å². The van der Waals surface area contributed by atoms with Crippen molar-refractivity contribution in [2.45, 2.75) is 6.92 Å². The molecular weight excluding hydrogens is 334 g/mol. The normalized spacial score (nSPS) is 13.0. The minimum atomic E-state index is -0.844. The smallest absolute Gasteiger partial charge is 0.323 e. The lowest BCUT2D eigenvalue weighted by Crippen LogP contribution is -2.33. The summed E-state index contributed by atoms with van der Waals surface area (Å²) in [5, 5.41) is 4.77. The number of carbonyl (C=O) groups excluding carboxylic acids is 3. The number of benzene rings is 2. The summed E-state index contributed by atoms with van der Waals surface area (Å²) in [6.07, 6.45) is 0. The lowest BCUT2D eigenvalue weighted by Gasteiger charge is -2.13. The molecule has 0 bridgehead atoms. The van der Waals surface area contributed by atoms with Crippen LogP contribution >= 0.6 is 0 Å². The van der Waals surface area contributed by atoms with Crippen molar-refractivity contribution in [3.63, 3.8) is 0 Å². The van der Waals surface area contributed by atoms with Crippen LogP contribution in [0.15, 0.2) is 60.7 Å². The van der Waals surface area contributed by atoms with Crippen LogP contribution in [0.1, 0.15) is 36.9 Å². The van der Waals surface area contributed by atoms with Gasteiger partial charge in [-0.2, -0.15) is 5.10 Å². The highest BCUT2D eigenvalue weighted by molar-refractivity contribution is 6.21. The molecule has 0 fully saturated rings. The van der Waals surface area contributed by atoms with Gasteiger partial charge in [0.05, 0.1) is 22.5 Å². The van der Waals surface area contributed by atoms with Crippen molar-refractivity contribution >= 4 is 17.8 Å². The molecule has 26 heavy (non-hydrogen) atoms. The van der Waals surface area contributed by atoms with E-state index in [0.717, 1.165) is 0 Å². The van der Waals surface area contributed by atoms with Crippen LogP contribution in [-0.4, -0.2) is 32.6 Å². The molecule has 2 heterocycles. The lowest BCUT2D eigenvalue weighted by atomic mass is 10.1. The Morgan fingerprint density at radius 1 is 0.923 bits per heavy atom. The van der Waals surface area contributed by atoms with Crippen LogP contribution in [0.5, 0.6) is 0 Å². The molecule has 0 saturated heterocycles. The van der Waals surface area contributed by atoms with Crippen LogP contribution in [0.4, 0.5) is 0 Å². The molecule has 0 atom stereocenters. The molecule has 1 aliphatic rings. The highest BCUT2D eigenvalue weighted by Crippen LogP contribution is 2.24. The van der Waals surface area contributed by atoms with Crippen LogP contribution < -0.4 is 0 Å². The maximum Gasteiger partial charge on any atom is 0.382 e. The molecule has 7 heteroatoms. The second-order valence-corrected chi connectivity index (χ2v) is 5.75. The molecule has 0 radical (unpaired) electrons. The summed E-state index contributed by atoms with van der Waals surface area (Å²) >= 11 is 0. The second kappa shape index (κ2) is 5.96. The van der Waals surface area contributed by atoms with Crippen LogP contribution in [-0.2, 0) is 4.84 Å². The van der Waals surface area contributed by atoms with Crippen LogP contribution in [0, 0.1) is 6.92 Å². The van der Waals surface area contributed by atoms with E-state index in [-0.39, 0.29) is 16.8 Å².